The standard InChI is InChI=1S/C20H20N2O4/c1-4-22-17-11-10-15(20(24)26-5-2)12-16(17)21-18(22)13-6-8-14(9-7-13)19(23)25-3/h6-12H,4-5H2,1-3H3. The van der Waals surface area contributed by atoms with Crippen molar-refractivity contribution in [2.45, 2.75) is 20.4 Å². The fraction of sp³-hybridized carbons (Fsp3) is 0.250. The summed E-state index contributed by atoms with van der Waals surface area (Å²) in [6.45, 7) is 4.87. The number of methoxy groups -OCH3 is 1. The van der Waals surface area contributed by atoms with Gasteiger partial charge in [-0.05, 0) is 44.2 Å². The minimum absolute atomic E-state index is 0.331. The van der Waals surface area contributed by atoms with Gasteiger partial charge in [-0.15, -0.1) is 0 Å². The number of aromatic nitrogens is 2. The highest BCUT2D eigenvalue weighted by Gasteiger charge is 2.15. The van der Waals surface area contributed by atoms with Crippen molar-refractivity contribution in [1.82, 2.24) is 9.55 Å². The molecule has 0 aliphatic rings. The van der Waals surface area contributed by atoms with E-state index < -0.39 is 0 Å². The van der Waals surface area contributed by atoms with Gasteiger partial charge in [0, 0.05) is 12.1 Å². The van der Waals surface area contributed by atoms with Gasteiger partial charge in [0.15, 0.2) is 0 Å². The Bertz CT molecular complexity index is 958. The van der Waals surface area contributed by atoms with Gasteiger partial charge >= 0.3 is 11.9 Å². The number of aryl methyl sites for hydroxylation is 1. The summed E-state index contributed by atoms with van der Waals surface area (Å²) in [6, 6.07) is 12.5. The van der Waals surface area contributed by atoms with E-state index in [9.17, 15) is 9.59 Å². The first kappa shape index (κ1) is 17.7. The monoisotopic (exact) mass is 352 g/mol. The number of fused-ring (bicyclic) bond motifs is 1. The Labute approximate surface area is 151 Å². The molecule has 0 aliphatic heterocycles. The van der Waals surface area contributed by atoms with Crippen LogP contribution in [0.15, 0.2) is 42.5 Å². The average molecular weight is 352 g/mol. The highest BCUT2D eigenvalue weighted by Crippen LogP contribution is 2.26. The lowest BCUT2D eigenvalue weighted by atomic mass is 10.1. The van der Waals surface area contributed by atoms with Crippen LogP contribution >= 0.6 is 0 Å². The Hall–Kier alpha value is -3.15. The number of ether oxygens (including phenoxy) is 2. The number of hydrogen-bond acceptors (Lipinski definition) is 5. The summed E-state index contributed by atoms with van der Waals surface area (Å²) < 4.78 is 11.8. The molecule has 0 aliphatic carbocycles. The highest BCUT2D eigenvalue weighted by molar-refractivity contribution is 5.94. The molecule has 1 heterocycles. The zero-order chi connectivity index (χ0) is 18.7. The van der Waals surface area contributed by atoms with Gasteiger partial charge < -0.3 is 14.0 Å². The lowest BCUT2D eigenvalue weighted by Gasteiger charge is -2.07. The van der Waals surface area contributed by atoms with Crippen LogP contribution in [0.5, 0.6) is 0 Å². The second kappa shape index (κ2) is 7.39. The number of esters is 2. The van der Waals surface area contributed by atoms with Gasteiger partial charge in [-0.25, -0.2) is 14.6 Å². The molecule has 6 heteroatoms. The fourth-order valence-electron chi connectivity index (χ4n) is 2.88. The molecule has 0 saturated carbocycles. The van der Waals surface area contributed by atoms with Crippen molar-refractivity contribution >= 4 is 23.0 Å². The summed E-state index contributed by atoms with van der Waals surface area (Å²) in [5.74, 6) is 0.0453. The number of rotatable bonds is 5. The molecule has 0 fully saturated rings. The molecule has 26 heavy (non-hydrogen) atoms. The Kier molecular flexibility index (Phi) is 5.02. The normalized spacial score (nSPS) is 10.7. The predicted octanol–water partition coefficient (Wildman–Crippen LogP) is 3.69. The SMILES string of the molecule is CCOC(=O)c1ccc2c(c1)nc(-c1ccc(C(=O)OC)cc1)n2CC. The first-order chi connectivity index (χ1) is 12.6. The second-order valence-electron chi connectivity index (χ2n) is 5.67. The molecule has 0 amide bonds. The van der Waals surface area contributed by atoms with Crippen molar-refractivity contribution in [3.63, 3.8) is 0 Å². The van der Waals surface area contributed by atoms with E-state index in [1.807, 2.05) is 25.1 Å². The molecule has 0 radical (unpaired) electrons. The summed E-state index contributed by atoms with van der Waals surface area (Å²) in [5.41, 5.74) is 3.51. The van der Waals surface area contributed by atoms with Gasteiger partial charge in [0.1, 0.15) is 5.82 Å². The van der Waals surface area contributed by atoms with E-state index in [1.54, 1.807) is 31.2 Å². The van der Waals surface area contributed by atoms with Crippen molar-refractivity contribution in [2.24, 2.45) is 0 Å². The molecule has 6 nitrogen and oxygen atoms in total. The van der Waals surface area contributed by atoms with Crippen molar-refractivity contribution in [2.75, 3.05) is 13.7 Å². The number of imidazole rings is 1. The third-order valence-electron chi connectivity index (χ3n) is 4.14. The zero-order valence-corrected chi connectivity index (χ0v) is 15.0. The largest absolute Gasteiger partial charge is 0.465 e. The van der Waals surface area contributed by atoms with Crippen LogP contribution in [0.2, 0.25) is 0 Å². The van der Waals surface area contributed by atoms with E-state index in [2.05, 4.69) is 4.57 Å². The third-order valence-corrected chi connectivity index (χ3v) is 4.14. The molecule has 0 saturated heterocycles. The summed E-state index contributed by atoms with van der Waals surface area (Å²) in [5, 5.41) is 0. The van der Waals surface area contributed by atoms with E-state index in [4.69, 9.17) is 14.5 Å². The Morgan fingerprint density at radius 2 is 1.69 bits per heavy atom. The quantitative estimate of drug-likeness (QED) is 0.655. The molecule has 0 spiro atoms. The van der Waals surface area contributed by atoms with Crippen LogP contribution < -0.4 is 0 Å². The van der Waals surface area contributed by atoms with Crippen LogP contribution in [0.4, 0.5) is 0 Å². The Morgan fingerprint density at radius 1 is 1.00 bits per heavy atom. The summed E-state index contributed by atoms with van der Waals surface area (Å²) in [7, 11) is 1.36. The zero-order valence-electron chi connectivity index (χ0n) is 15.0. The maximum atomic E-state index is 11.9. The van der Waals surface area contributed by atoms with Gasteiger partial charge in [-0.3, -0.25) is 0 Å². The van der Waals surface area contributed by atoms with Gasteiger partial charge in [0.05, 0.1) is 35.9 Å². The first-order valence-electron chi connectivity index (χ1n) is 8.45. The maximum absolute atomic E-state index is 11.9. The molecule has 2 aromatic carbocycles. The highest BCUT2D eigenvalue weighted by atomic mass is 16.5. The molecule has 1 aromatic heterocycles. The number of nitrogens with zero attached hydrogens (tertiary/aromatic N) is 2. The van der Waals surface area contributed by atoms with Gasteiger partial charge in [-0.1, -0.05) is 12.1 Å². The molecule has 0 atom stereocenters. The average Bonchev–Trinajstić information content (AvgIpc) is 3.05. The van der Waals surface area contributed by atoms with Crippen molar-refractivity contribution in [3.8, 4) is 11.4 Å². The van der Waals surface area contributed by atoms with E-state index in [1.165, 1.54) is 7.11 Å². The van der Waals surface area contributed by atoms with Crippen LogP contribution in [0.3, 0.4) is 0 Å². The fourth-order valence-corrected chi connectivity index (χ4v) is 2.88. The molecule has 3 rings (SSSR count). The molecule has 0 N–H and O–H groups in total. The number of carbonyl (C=O) groups excluding carboxylic acids is 2. The third kappa shape index (κ3) is 3.18. The van der Waals surface area contributed by atoms with Crippen molar-refractivity contribution in [1.29, 1.82) is 0 Å². The van der Waals surface area contributed by atoms with Gasteiger partial charge in [-0.2, -0.15) is 0 Å². The van der Waals surface area contributed by atoms with Crippen LogP contribution in [0.1, 0.15) is 34.6 Å². The lowest BCUT2D eigenvalue weighted by Crippen LogP contribution is -2.04. The van der Waals surface area contributed by atoms with E-state index in [-0.39, 0.29) is 11.9 Å². The van der Waals surface area contributed by atoms with E-state index >= 15 is 0 Å². The molecular formula is C20H20N2O4. The topological polar surface area (TPSA) is 70.4 Å². The van der Waals surface area contributed by atoms with E-state index in [0.717, 1.165) is 29.0 Å². The number of carbonyl (C=O) groups is 2. The first-order valence-corrected chi connectivity index (χ1v) is 8.45. The Morgan fingerprint density at radius 3 is 2.31 bits per heavy atom. The Balaban J connectivity index is 2.05. The van der Waals surface area contributed by atoms with Crippen LogP contribution in [0, 0.1) is 0 Å². The minimum Gasteiger partial charge on any atom is -0.465 e. The molecule has 0 bridgehead atoms. The summed E-state index contributed by atoms with van der Waals surface area (Å²) >= 11 is 0. The number of hydrogen-bond donors (Lipinski definition) is 0. The van der Waals surface area contributed by atoms with Crippen LogP contribution in [-0.4, -0.2) is 35.2 Å². The van der Waals surface area contributed by atoms with Gasteiger partial charge in [0.25, 0.3) is 0 Å². The van der Waals surface area contributed by atoms with Crippen molar-refractivity contribution in [3.05, 3.63) is 53.6 Å². The lowest BCUT2D eigenvalue weighted by molar-refractivity contribution is 0.0525. The second-order valence-corrected chi connectivity index (χ2v) is 5.67. The van der Waals surface area contributed by atoms with Gasteiger partial charge in [0.2, 0.25) is 0 Å². The molecule has 134 valence electrons. The molecule has 0 unspecified atom stereocenters. The smallest absolute Gasteiger partial charge is 0.338 e. The maximum Gasteiger partial charge on any atom is 0.338 e. The van der Waals surface area contributed by atoms with E-state index in [0.29, 0.717) is 17.7 Å². The van der Waals surface area contributed by atoms with Crippen LogP contribution in [0.25, 0.3) is 22.4 Å². The predicted molar refractivity (Wildman–Crippen MR) is 98.1 cm³/mol. The number of benzene rings is 2. The minimum atomic E-state index is -0.375. The summed E-state index contributed by atoms with van der Waals surface area (Å²) in [4.78, 5) is 28.2. The molecule has 3 aromatic rings. The van der Waals surface area contributed by atoms with Crippen molar-refractivity contribution < 1.29 is 19.1 Å². The summed E-state index contributed by atoms with van der Waals surface area (Å²) in [6.07, 6.45) is 0. The molecular weight excluding hydrogens is 332 g/mol. The van der Waals surface area contributed by atoms with Crippen LogP contribution in [-0.2, 0) is 16.0 Å².